The lowest BCUT2D eigenvalue weighted by Crippen LogP contribution is -2.52. The molecule has 6 aromatic rings. The predicted molar refractivity (Wildman–Crippen MR) is 213 cm³/mol. The SMILES string of the molecule is Cc1ccc2c(N3CCN(C(=O)C(O)CC(F)(F)F)CC3)nc(-c3ccccc3O)nc2c1.Cc1ccc2c(N3CCNCC3)nc(-c3ccccc3O)nc2c1. The molecule has 0 saturated carbocycles. The molecule has 8 rings (SSSR count). The Labute approximate surface area is 327 Å². The van der Waals surface area contributed by atoms with Crippen LogP contribution >= 0.6 is 0 Å². The average Bonchev–Trinajstić information content (AvgIpc) is 3.20. The van der Waals surface area contributed by atoms with Crippen LogP contribution in [0.25, 0.3) is 44.6 Å². The number of carbonyl (C=O) groups is 1. The molecule has 1 unspecified atom stereocenters. The Morgan fingerprint density at radius 1 is 0.684 bits per heavy atom. The molecule has 1 atom stereocenters. The Balaban J connectivity index is 0.000000183. The Bertz CT molecular complexity index is 2400. The fourth-order valence-electron chi connectivity index (χ4n) is 7.03. The Morgan fingerprint density at radius 3 is 1.60 bits per heavy atom. The number of nitrogens with one attached hydrogen (secondary N) is 1. The number of piperazine rings is 2. The van der Waals surface area contributed by atoms with Gasteiger partial charge < -0.3 is 35.3 Å². The molecular formula is C42H43F3N8O4. The molecule has 2 aliphatic rings. The number of hydrogen-bond donors (Lipinski definition) is 4. The molecular weight excluding hydrogens is 738 g/mol. The van der Waals surface area contributed by atoms with E-state index < -0.39 is 24.6 Å². The summed E-state index contributed by atoms with van der Waals surface area (Å²) in [7, 11) is 0. The highest BCUT2D eigenvalue weighted by molar-refractivity contribution is 5.93. The number of phenolic OH excluding ortho intramolecular Hbond substituents is 2. The number of para-hydroxylation sites is 2. The fourth-order valence-corrected chi connectivity index (χ4v) is 7.03. The number of aromatic hydroxyl groups is 2. The van der Waals surface area contributed by atoms with Crippen LogP contribution in [-0.2, 0) is 4.79 Å². The molecule has 4 N–H and O–H groups in total. The number of hydrogen-bond acceptors (Lipinski definition) is 11. The van der Waals surface area contributed by atoms with Gasteiger partial charge in [0.05, 0.1) is 28.6 Å². The van der Waals surface area contributed by atoms with Crippen LogP contribution in [0.3, 0.4) is 0 Å². The minimum absolute atomic E-state index is 0.0459. The maximum Gasteiger partial charge on any atom is 0.392 e. The molecule has 0 bridgehead atoms. The number of aliphatic hydroxyl groups excluding tert-OH is 1. The molecule has 2 aliphatic heterocycles. The van der Waals surface area contributed by atoms with Crippen LogP contribution < -0.4 is 15.1 Å². The van der Waals surface area contributed by atoms with Gasteiger partial charge in [-0.05, 0) is 73.5 Å². The molecule has 0 spiro atoms. The van der Waals surface area contributed by atoms with Gasteiger partial charge in [0.25, 0.3) is 5.91 Å². The Hall–Kier alpha value is -6.06. The minimum atomic E-state index is -4.62. The predicted octanol–water partition coefficient (Wildman–Crippen LogP) is 5.99. The fraction of sp³-hybridized carbons (Fsp3) is 0.310. The van der Waals surface area contributed by atoms with Gasteiger partial charge in [0.2, 0.25) is 0 Å². The molecule has 1 amide bonds. The number of fused-ring (bicyclic) bond motifs is 2. The van der Waals surface area contributed by atoms with Crippen molar-refractivity contribution >= 4 is 39.3 Å². The standard InChI is InChI=1S/C23H23F3N4O3.C19H20N4O/c1-14-6-7-15-17(12-14)27-20(16-4-2-3-5-18(16)31)28-21(15)29-8-10-30(11-9-29)22(33)19(32)13-23(24,25)26;1-13-6-7-14-16(12-13)21-18(15-4-2-3-5-17(15)24)22-19(14)23-10-8-20-9-11-23/h2-7,12,19,31-32H,8-11,13H2,1H3;2-7,12,20,24H,8-11H2,1H3. The van der Waals surface area contributed by atoms with E-state index in [0.717, 1.165) is 59.4 Å². The maximum atomic E-state index is 12.5. The lowest BCUT2D eigenvalue weighted by molar-refractivity contribution is -0.168. The minimum Gasteiger partial charge on any atom is -0.507 e. The third-order valence-corrected chi connectivity index (χ3v) is 9.97. The quantitative estimate of drug-likeness (QED) is 0.158. The van der Waals surface area contributed by atoms with Crippen LogP contribution in [0.4, 0.5) is 24.8 Å². The molecule has 2 fully saturated rings. The average molecular weight is 781 g/mol. The van der Waals surface area contributed by atoms with E-state index in [2.05, 4.69) is 40.3 Å². The van der Waals surface area contributed by atoms with Crippen molar-refractivity contribution in [1.82, 2.24) is 30.2 Å². The highest BCUT2D eigenvalue weighted by Gasteiger charge is 2.37. The summed E-state index contributed by atoms with van der Waals surface area (Å²) in [4.78, 5) is 36.5. The van der Waals surface area contributed by atoms with E-state index in [0.29, 0.717) is 47.2 Å². The highest BCUT2D eigenvalue weighted by Crippen LogP contribution is 2.34. The maximum absolute atomic E-state index is 12.5. The Morgan fingerprint density at radius 2 is 1.14 bits per heavy atom. The number of aryl methyl sites for hydroxylation is 2. The van der Waals surface area contributed by atoms with Crippen LogP contribution in [0.5, 0.6) is 11.5 Å². The number of nitrogens with zero attached hydrogens (tertiary/aromatic N) is 7. The van der Waals surface area contributed by atoms with E-state index in [1.807, 2.05) is 42.2 Å². The zero-order chi connectivity index (χ0) is 40.3. The van der Waals surface area contributed by atoms with E-state index in [9.17, 15) is 33.3 Å². The van der Waals surface area contributed by atoms with Gasteiger partial charge in [0.1, 0.15) is 29.2 Å². The number of benzene rings is 4. The number of amides is 1. The van der Waals surface area contributed by atoms with Crippen molar-refractivity contribution in [2.45, 2.75) is 32.5 Å². The molecule has 15 heteroatoms. The van der Waals surface area contributed by atoms with Gasteiger partial charge in [0.15, 0.2) is 11.6 Å². The van der Waals surface area contributed by atoms with E-state index in [1.165, 1.54) is 4.90 Å². The summed E-state index contributed by atoms with van der Waals surface area (Å²) in [6.45, 7) is 8.68. The molecule has 4 heterocycles. The lowest BCUT2D eigenvalue weighted by atomic mass is 10.1. The molecule has 0 radical (unpaired) electrons. The normalized spacial score (nSPS) is 15.4. The summed E-state index contributed by atoms with van der Waals surface area (Å²) in [5.74, 6) is 1.80. The lowest BCUT2D eigenvalue weighted by Gasteiger charge is -2.36. The largest absolute Gasteiger partial charge is 0.507 e. The van der Waals surface area contributed by atoms with Gasteiger partial charge in [-0.2, -0.15) is 13.2 Å². The summed E-state index contributed by atoms with van der Waals surface area (Å²) in [5.41, 5.74) is 4.91. The van der Waals surface area contributed by atoms with Crippen molar-refractivity contribution in [3.8, 4) is 34.3 Å². The first-order chi connectivity index (χ1) is 27.3. The van der Waals surface area contributed by atoms with Crippen molar-refractivity contribution in [3.05, 3.63) is 96.1 Å². The molecule has 296 valence electrons. The van der Waals surface area contributed by atoms with Crippen molar-refractivity contribution in [2.75, 3.05) is 62.2 Å². The molecule has 4 aromatic carbocycles. The second-order valence-electron chi connectivity index (χ2n) is 14.2. The second kappa shape index (κ2) is 16.6. The number of aliphatic hydroxyl groups is 1. The summed E-state index contributed by atoms with van der Waals surface area (Å²) in [6.07, 6.45) is -8.28. The molecule has 0 aliphatic carbocycles. The van der Waals surface area contributed by atoms with Crippen molar-refractivity contribution in [3.63, 3.8) is 0 Å². The highest BCUT2D eigenvalue weighted by atomic mass is 19.4. The van der Waals surface area contributed by atoms with Gasteiger partial charge >= 0.3 is 6.18 Å². The van der Waals surface area contributed by atoms with Crippen molar-refractivity contribution in [1.29, 1.82) is 0 Å². The molecule has 2 aromatic heterocycles. The number of phenols is 2. The zero-order valence-electron chi connectivity index (χ0n) is 31.5. The summed E-state index contributed by atoms with van der Waals surface area (Å²) in [5, 5.41) is 35.4. The van der Waals surface area contributed by atoms with E-state index in [-0.39, 0.29) is 24.6 Å². The second-order valence-corrected chi connectivity index (χ2v) is 14.2. The number of aromatic nitrogens is 4. The number of alkyl halides is 3. The summed E-state index contributed by atoms with van der Waals surface area (Å²) >= 11 is 0. The third kappa shape index (κ3) is 9.00. The van der Waals surface area contributed by atoms with Gasteiger partial charge in [0, 0.05) is 63.1 Å². The van der Waals surface area contributed by atoms with E-state index in [1.54, 1.807) is 36.4 Å². The van der Waals surface area contributed by atoms with E-state index in [4.69, 9.17) is 15.0 Å². The summed E-state index contributed by atoms with van der Waals surface area (Å²) < 4.78 is 37.6. The van der Waals surface area contributed by atoms with Gasteiger partial charge in [-0.1, -0.05) is 36.4 Å². The van der Waals surface area contributed by atoms with E-state index >= 15 is 0 Å². The first kappa shape index (κ1) is 39.2. The molecule has 12 nitrogen and oxygen atoms in total. The van der Waals surface area contributed by atoms with Crippen LogP contribution in [0.1, 0.15) is 17.5 Å². The van der Waals surface area contributed by atoms with Crippen molar-refractivity contribution < 1.29 is 33.3 Å². The van der Waals surface area contributed by atoms with Gasteiger partial charge in [-0.25, -0.2) is 19.9 Å². The van der Waals surface area contributed by atoms with Crippen molar-refractivity contribution in [2.24, 2.45) is 0 Å². The van der Waals surface area contributed by atoms with Crippen LogP contribution in [-0.4, -0.2) is 111 Å². The first-order valence-corrected chi connectivity index (χ1v) is 18.7. The van der Waals surface area contributed by atoms with Gasteiger partial charge in [-0.3, -0.25) is 4.79 Å². The first-order valence-electron chi connectivity index (χ1n) is 18.7. The topological polar surface area (TPSA) is 151 Å². The Kier molecular flexibility index (Phi) is 11.4. The number of anilines is 2. The summed E-state index contributed by atoms with van der Waals surface area (Å²) in [6, 6.07) is 26.0. The number of rotatable bonds is 6. The van der Waals surface area contributed by atoms with Crippen LogP contribution in [0.15, 0.2) is 84.9 Å². The number of halogens is 3. The van der Waals surface area contributed by atoms with Crippen LogP contribution in [0, 0.1) is 13.8 Å². The third-order valence-electron chi connectivity index (χ3n) is 9.97. The zero-order valence-corrected chi connectivity index (χ0v) is 31.5. The smallest absolute Gasteiger partial charge is 0.392 e. The number of carbonyl (C=O) groups excluding carboxylic acids is 1. The molecule has 57 heavy (non-hydrogen) atoms. The monoisotopic (exact) mass is 780 g/mol. The van der Waals surface area contributed by atoms with Crippen LogP contribution in [0.2, 0.25) is 0 Å². The molecule has 2 saturated heterocycles. The van der Waals surface area contributed by atoms with Gasteiger partial charge in [-0.15, -0.1) is 0 Å².